The van der Waals surface area contributed by atoms with Crippen molar-refractivity contribution in [2.45, 2.75) is 13.0 Å². The van der Waals surface area contributed by atoms with E-state index in [2.05, 4.69) is 0 Å². The number of hydrogen-bond acceptors (Lipinski definition) is 3. The van der Waals surface area contributed by atoms with E-state index in [9.17, 15) is 4.39 Å². The zero-order valence-electron chi connectivity index (χ0n) is 8.03. The maximum Gasteiger partial charge on any atom is 0.127 e. The predicted molar refractivity (Wildman–Crippen MR) is 51.6 cm³/mol. The summed E-state index contributed by atoms with van der Waals surface area (Å²) in [5.41, 5.74) is 6.41. The molecule has 1 atom stereocenters. The molecule has 78 valence electrons. The molecule has 1 aromatic carbocycles. The molecule has 0 heterocycles. The third-order valence-corrected chi connectivity index (χ3v) is 1.82. The van der Waals surface area contributed by atoms with Gasteiger partial charge in [-0.2, -0.15) is 0 Å². The monoisotopic (exact) mass is 199 g/mol. The zero-order valence-corrected chi connectivity index (χ0v) is 8.03. The second-order valence-electron chi connectivity index (χ2n) is 3.04. The van der Waals surface area contributed by atoms with Crippen molar-refractivity contribution in [3.05, 3.63) is 29.6 Å². The van der Waals surface area contributed by atoms with Gasteiger partial charge in [-0.15, -0.1) is 0 Å². The van der Waals surface area contributed by atoms with Gasteiger partial charge in [-0.05, 0) is 13.0 Å². The molecule has 1 aromatic rings. The van der Waals surface area contributed by atoms with Crippen molar-refractivity contribution in [1.82, 2.24) is 0 Å². The van der Waals surface area contributed by atoms with E-state index in [0.717, 1.165) is 5.56 Å². The Morgan fingerprint density at radius 3 is 2.86 bits per heavy atom. The minimum atomic E-state index is -0.373. The normalized spacial score (nSPS) is 12.6. The van der Waals surface area contributed by atoms with Crippen LogP contribution in [0.25, 0.3) is 0 Å². The first-order valence-corrected chi connectivity index (χ1v) is 4.44. The first-order chi connectivity index (χ1) is 6.65. The molecule has 0 spiro atoms. The number of aliphatic hydroxyl groups is 1. The molecule has 0 unspecified atom stereocenters. The second-order valence-corrected chi connectivity index (χ2v) is 3.04. The molecule has 0 aliphatic carbocycles. The van der Waals surface area contributed by atoms with Crippen molar-refractivity contribution in [2.24, 2.45) is 5.73 Å². The predicted octanol–water partition coefficient (Wildman–Crippen LogP) is 1.22. The van der Waals surface area contributed by atoms with Crippen molar-refractivity contribution in [2.75, 3.05) is 13.2 Å². The van der Waals surface area contributed by atoms with Crippen molar-refractivity contribution >= 4 is 0 Å². The molecule has 0 amide bonds. The molecule has 0 radical (unpaired) electrons. The van der Waals surface area contributed by atoms with Crippen LogP contribution < -0.4 is 10.5 Å². The standard InChI is InChI=1S/C10H14FNO2/c1-7(12)9-3-2-8(11)6-10(9)14-5-4-13/h2-3,6-7,13H,4-5,12H2,1H3/t7-/m1/s1. The highest BCUT2D eigenvalue weighted by atomic mass is 19.1. The fourth-order valence-electron chi connectivity index (χ4n) is 1.16. The molecule has 0 bridgehead atoms. The van der Waals surface area contributed by atoms with E-state index in [1.54, 1.807) is 13.0 Å². The van der Waals surface area contributed by atoms with E-state index in [4.69, 9.17) is 15.6 Å². The Morgan fingerprint density at radius 1 is 1.57 bits per heavy atom. The molecule has 0 aliphatic heterocycles. The Hall–Kier alpha value is -1.13. The molecule has 0 fully saturated rings. The van der Waals surface area contributed by atoms with Crippen LogP contribution in [0.15, 0.2) is 18.2 Å². The molecule has 4 heteroatoms. The average molecular weight is 199 g/mol. The summed E-state index contributed by atoms with van der Waals surface area (Å²) in [7, 11) is 0. The Bertz CT molecular complexity index is 302. The molecule has 3 N–H and O–H groups in total. The lowest BCUT2D eigenvalue weighted by molar-refractivity contribution is 0.199. The van der Waals surface area contributed by atoms with Gasteiger partial charge in [0.2, 0.25) is 0 Å². The molecule has 3 nitrogen and oxygen atoms in total. The van der Waals surface area contributed by atoms with Crippen LogP contribution >= 0.6 is 0 Å². The average Bonchev–Trinajstić information content (AvgIpc) is 2.14. The largest absolute Gasteiger partial charge is 0.491 e. The molecular weight excluding hydrogens is 185 g/mol. The first-order valence-electron chi connectivity index (χ1n) is 4.44. The van der Waals surface area contributed by atoms with Gasteiger partial charge in [0.05, 0.1) is 6.61 Å². The minimum Gasteiger partial charge on any atom is -0.491 e. The van der Waals surface area contributed by atoms with Gasteiger partial charge in [0, 0.05) is 17.7 Å². The number of halogens is 1. The summed E-state index contributed by atoms with van der Waals surface area (Å²) in [6.45, 7) is 1.83. The van der Waals surface area contributed by atoms with E-state index in [1.807, 2.05) is 0 Å². The van der Waals surface area contributed by atoms with Crippen LogP contribution in [0.3, 0.4) is 0 Å². The maximum absolute atomic E-state index is 12.9. The van der Waals surface area contributed by atoms with Gasteiger partial charge in [-0.3, -0.25) is 0 Å². The SMILES string of the molecule is C[C@@H](N)c1ccc(F)cc1OCCO. The van der Waals surface area contributed by atoms with Crippen molar-refractivity contribution < 1.29 is 14.2 Å². The van der Waals surface area contributed by atoms with E-state index in [0.29, 0.717) is 5.75 Å². The maximum atomic E-state index is 12.9. The Labute approximate surface area is 82.3 Å². The summed E-state index contributed by atoms with van der Waals surface area (Å²) in [4.78, 5) is 0. The van der Waals surface area contributed by atoms with E-state index < -0.39 is 0 Å². The van der Waals surface area contributed by atoms with Crippen molar-refractivity contribution in [1.29, 1.82) is 0 Å². The van der Waals surface area contributed by atoms with Crippen molar-refractivity contribution in [3.8, 4) is 5.75 Å². The van der Waals surface area contributed by atoms with Crippen LogP contribution in [0.1, 0.15) is 18.5 Å². The third-order valence-electron chi connectivity index (χ3n) is 1.82. The number of hydrogen-bond donors (Lipinski definition) is 2. The molecule has 1 rings (SSSR count). The van der Waals surface area contributed by atoms with Crippen LogP contribution in [0.2, 0.25) is 0 Å². The molecule has 0 aliphatic rings. The Kier molecular flexibility index (Phi) is 3.85. The van der Waals surface area contributed by atoms with E-state index in [-0.39, 0.29) is 25.1 Å². The van der Waals surface area contributed by atoms with Gasteiger partial charge in [0.25, 0.3) is 0 Å². The van der Waals surface area contributed by atoms with Gasteiger partial charge in [-0.1, -0.05) is 6.07 Å². The van der Waals surface area contributed by atoms with Gasteiger partial charge in [0.15, 0.2) is 0 Å². The number of rotatable bonds is 4. The first kappa shape index (κ1) is 10.9. The van der Waals surface area contributed by atoms with E-state index in [1.165, 1.54) is 12.1 Å². The van der Waals surface area contributed by atoms with Gasteiger partial charge in [0.1, 0.15) is 18.2 Å². The molecule has 0 saturated heterocycles. The zero-order chi connectivity index (χ0) is 10.6. The number of ether oxygens (including phenoxy) is 1. The highest BCUT2D eigenvalue weighted by Gasteiger charge is 2.08. The lowest BCUT2D eigenvalue weighted by atomic mass is 10.1. The van der Waals surface area contributed by atoms with Crippen LogP contribution in [-0.4, -0.2) is 18.3 Å². The molecule has 0 saturated carbocycles. The summed E-state index contributed by atoms with van der Waals surface area (Å²) in [6.07, 6.45) is 0. The highest BCUT2D eigenvalue weighted by molar-refractivity contribution is 5.36. The smallest absolute Gasteiger partial charge is 0.127 e. The molecule has 14 heavy (non-hydrogen) atoms. The lowest BCUT2D eigenvalue weighted by Gasteiger charge is -2.13. The minimum absolute atomic E-state index is 0.102. The van der Waals surface area contributed by atoms with Crippen LogP contribution in [0.5, 0.6) is 5.75 Å². The van der Waals surface area contributed by atoms with Crippen LogP contribution in [0, 0.1) is 5.82 Å². The molecular formula is C10H14FNO2. The Balaban J connectivity index is 2.91. The lowest BCUT2D eigenvalue weighted by Crippen LogP contribution is -2.10. The summed E-state index contributed by atoms with van der Waals surface area (Å²) >= 11 is 0. The topological polar surface area (TPSA) is 55.5 Å². The van der Waals surface area contributed by atoms with Crippen LogP contribution in [-0.2, 0) is 0 Å². The number of benzene rings is 1. The third kappa shape index (κ3) is 2.68. The molecule has 0 aromatic heterocycles. The fraction of sp³-hybridized carbons (Fsp3) is 0.400. The summed E-state index contributed by atoms with van der Waals surface area (Å²) in [5.74, 6) is 0.0244. The highest BCUT2D eigenvalue weighted by Crippen LogP contribution is 2.24. The van der Waals surface area contributed by atoms with Crippen LogP contribution in [0.4, 0.5) is 4.39 Å². The Morgan fingerprint density at radius 2 is 2.29 bits per heavy atom. The summed E-state index contributed by atoms with van der Waals surface area (Å²) in [5, 5.41) is 8.58. The van der Waals surface area contributed by atoms with Gasteiger partial charge < -0.3 is 15.6 Å². The quantitative estimate of drug-likeness (QED) is 0.766. The number of aliphatic hydroxyl groups excluding tert-OH is 1. The fourth-order valence-corrected chi connectivity index (χ4v) is 1.16. The van der Waals surface area contributed by atoms with Gasteiger partial charge in [-0.25, -0.2) is 4.39 Å². The van der Waals surface area contributed by atoms with E-state index >= 15 is 0 Å². The van der Waals surface area contributed by atoms with Gasteiger partial charge >= 0.3 is 0 Å². The number of nitrogens with two attached hydrogens (primary N) is 1. The summed E-state index contributed by atoms with van der Waals surface area (Å²) in [6, 6.07) is 3.98. The summed E-state index contributed by atoms with van der Waals surface area (Å²) < 4.78 is 18.0. The van der Waals surface area contributed by atoms with Crippen molar-refractivity contribution in [3.63, 3.8) is 0 Å². The second kappa shape index (κ2) is 4.93.